The maximum atomic E-state index is 14.7. The second-order valence-corrected chi connectivity index (χ2v) is 23.3. The summed E-state index contributed by atoms with van der Waals surface area (Å²) in [4.78, 5) is 118. The minimum atomic E-state index is -2.49. The van der Waals surface area contributed by atoms with Crippen LogP contribution in [0.1, 0.15) is 138 Å². The van der Waals surface area contributed by atoms with E-state index in [0.29, 0.717) is 75.5 Å². The number of piperidine rings is 1. The Morgan fingerprint density at radius 3 is 2.25 bits per heavy atom. The molecule has 2 N–H and O–H groups in total. The summed E-state index contributed by atoms with van der Waals surface area (Å²) in [5.74, 6) is -11.8. The summed E-state index contributed by atoms with van der Waals surface area (Å²) >= 11 is 0. The van der Waals surface area contributed by atoms with E-state index in [1.165, 1.54) is 12.0 Å². The summed E-state index contributed by atoms with van der Waals surface area (Å²) in [5.41, 5.74) is 1.45. The van der Waals surface area contributed by atoms with Crippen LogP contribution in [0.25, 0.3) is 0 Å². The van der Waals surface area contributed by atoms with Crippen molar-refractivity contribution in [1.82, 2.24) is 9.96 Å². The maximum Gasteiger partial charge on any atom is 0.333 e. The molecule has 20 heteroatoms. The van der Waals surface area contributed by atoms with Gasteiger partial charge in [0.05, 0.1) is 56.2 Å². The summed E-state index contributed by atoms with van der Waals surface area (Å²) in [6, 6.07) is -1.20. The van der Waals surface area contributed by atoms with Gasteiger partial charge in [-0.2, -0.15) is 0 Å². The Kier molecular flexibility index (Phi) is 23.9. The molecule has 1 aliphatic carbocycles. The zero-order chi connectivity index (χ0) is 59.3. The first-order valence-electron chi connectivity index (χ1n) is 29.0. The van der Waals surface area contributed by atoms with Gasteiger partial charge in [-0.05, 0) is 107 Å². The number of ether oxygens (including phenoxy) is 7. The van der Waals surface area contributed by atoms with Crippen LogP contribution in [0.5, 0.6) is 0 Å². The first-order chi connectivity index (χ1) is 38.5. The molecule has 6 rings (SSSR count). The lowest BCUT2D eigenvalue weighted by molar-refractivity contribution is -0.266. The van der Waals surface area contributed by atoms with Crippen LogP contribution in [-0.2, 0) is 76.4 Å². The van der Waals surface area contributed by atoms with Crippen molar-refractivity contribution < 1.29 is 86.6 Å². The van der Waals surface area contributed by atoms with E-state index in [1.54, 1.807) is 48.0 Å². The fourth-order valence-corrected chi connectivity index (χ4v) is 12.7. The van der Waals surface area contributed by atoms with Gasteiger partial charge in [-0.15, -0.1) is 5.06 Å². The Labute approximate surface area is 476 Å². The zero-order valence-corrected chi connectivity index (χ0v) is 48.9. The molecule has 5 fully saturated rings. The molecule has 0 aromatic heterocycles. The second-order valence-electron chi connectivity index (χ2n) is 23.3. The van der Waals surface area contributed by atoms with Crippen molar-refractivity contribution in [2.75, 3.05) is 41.1 Å². The minimum absolute atomic E-state index is 0.00131. The van der Waals surface area contributed by atoms with Crippen molar-refractivity contribution in [3.05, 3.63) is 59.9 Å². The van der Waals surface area contributed by atoms with Crippen LogP contribution in [0, 0.1) is 41.4 Å². The molecular formula is C61H88N2O18. The standard InChI is InChI=1S/C61H88N2O18/c1-35-15-12-11-13-16-36(2)48(74-8)33-43-21-18-40(6)61(73,80-43)58(70)59(71)62-26-14-17-44-45(31-42-20-22-47(77-28-27-64)50(32-42)75-9)49(78-60(72)54(44)62)34-46(65)37(3)30-39(5)56(57(76-10)55(69)38(4)29-35)79-52(67)24-25-53(68)81-63-41(7)19-23-51(63)66/h11-13,15-16,30,35,37-38,40,42-45,47-50,54,56-57,64,73H,7,14,17-29,31-34H2,1-6,8-10H3/b13-11+,15-12+,36-16+,39-30+/t35?,37-,38-,40-,42+,43+,44?,45+,47-,48+,49+,50-,54+,56-,57+,61-/m1/s1. The van der Waals surface area contributed by atoms with Crippen LogP contribution < -0.4 is 0 Å². The molecule has 1 saturated carbocycles. The quantitative estimate of drug-likeness (QED) is 0.116. The molecule has 0 spiro atoms. The fourth-order valence-electron chi connectivity index (χ4n) is 12.7. The van der Waals surface area contributed by atoms with E-state index in [-0.39, 0.29) is 74.6 Å². The number of hydrogen-bond donors (Lipinski definition) is 2. The number of hydrogen-bond acceptors (Lipinski definition) is 18. The number of nitrogens with zero attached hydrogens (tertiary/aromatic N) is 2. The topological polar surface area (TPSA) is 257 Å². The van der Waals surface area contributed by atoms with Gasteiger partial charge in [-0.25, -0.2) is 9.59 Å². The number of aliphatic hydroxyl groups is 2. The number of aliphatic hydroxyl groups excluding tert-OH is 1. The number of carbonyl (C=O) groups is 8. The summed E-state index contributed by atoms with van der Waals surface area (Å²) in [6.07, 6.45) is 9.61. The highest BCUT2D eigenvalue weighted by Gasteiger charge is 2.57. The third-order valence-electron chi connectivity index (χ3n) is 17.4. The molecular weight excluding hydrogens is 1050 g/mol. The number of hydroxylamine groups is 2. The van der Waals surface area contributed by atoms with E-state index in [2.05, 4.69) is 6.58 Å². The number of Topliss-reactive ketones (excluding diaryl/α,β-unsaturated/α-hetero) is 3. The molecule has 4 bridgehead atoms. The summed E-state index contributed by atoms with van der Waals surface area (Å²) in [7, 11) is 4.48. The largest absolute Gasteiger partial charge is 0.460 e. The van der Waals surface area contributed by atoms with Gasteiger partial charge in [0.2, 0.25) is 5.79 Å². The molecule has 20 nitrogen and oxygen atoms in total. The van der Waals surface area contributed by atoms with Gasteiger partial charge in [0.1, 0.15) is 17.9 Å². The number of ketones is 3. The van der Waals surface area contributed by atoms with Crippen molar-refractivity contribution in [1.29, 1.82) is 0 Å². The molecule has 16 atom stereocenters. The minimum Gasteiger partial charge on any atom is -0.460 e. The van der Waals surface area contributed by atoms with Gasteiger partial charge >= 0.3 is 17.9 Å². The van der Waals surface area contributed by atoms with Crippen LogP contribution in [-0.4, -0.2) is 163 Å². The lowest BCUT2D eigenvalue weighted by atomic mass is 9.68. The SMILES string of the molecule is C=C1CCC(=O)N1OC(=O)CCC(=O)O[C@@H]1/C(C)=C/[C@@H](C)C(=O)C[C@@H]2OC(=O)[C@@H]3C(CCCN3C(=O)C(=O)[C@]3(O)O[C@@H](CC[C@H]3C)C[C@H](OC)/C(C)=C/C=C/C=C/C(C)C[C@@H](C)C(=O)[C@@H]1OC)[C@@H]2C[C@@H]1CC[C@@H](OCCO)[C@H](OC)C1. The Morgan fingerprint density at radius 2 is 1.57 bits per heavy atom. The number of methoxy groups -OCH3 is 3. The Hall–Kier alpha value is -5.22. The van der Waals surface area contributed by atoms with Gasteiger partial charge in [0.15, 0.2) is 18.0 Å². The number of carbonyl (C=O) groups excluding carboxylic acids is 8. The highest BCUT2D eigenvalue weighted by molar-refractivity contribution is 6.39. The molecule has 450 valence electrons. The van der Waals surface area contributed by atoms with Crippen LogP contribution in [0.3, 0.4) is 0 Å². The smallest absolute Gasteiger partial charge is 0.333 e. The van der Waals surface area contributed by atoms with Crippen molar-refractivity contribution in [3.8, 4) is 0 Å². The van der Waals surface area contributed by atoms with Crippen LogP contribution >= 0.6 is 0 Å². The number of allylic oxidation sites excluding steroid dienone is 7. The maximum absolute atomic E-state index is 14.7. The zero-order valence-electron chi connectivity index (χ0n) is 48.9. The predicted octanol–water partition coefficient (Wildman–Crippen LogP) is 6.34. The highest BCUT2D eigenvalue weighted by Crippen LogP contribution is 2.46. The number of rotatable bonds is 13. The number of amides is 2. The molecule has 2 amide bonds. The van der Waals surface area contributed by atoms with E-state index in [1.807, 2.05) is 44.2 Å². The molecule has 4 saturated heterocycles. The van der Waals surface area contributed by atoms with Crippen molar-refractivity contribution in [3.63, 3.8) is 0 Å². The summed E-state index contributed by atoms with van der Waals surface area (Å²) in [5, 5.41) is 22.5. The Morgan fingerprint density at radius 1 is 0.827 bits per heavy atom. The molecule has 0 aromatic carbocycles. The third kappa shape index (κ3) is 16.3. The Bertz CT molecular complexity index is 2400. The van der Waals surface area contributed by atoms with Crippen LogP contribution in [0.2, 0.25) is 0 Å². The third-order valence-corrected chi connectivity index (χ3v) is 17.4. The first kappa shape index (κ1) is 64.9. The lowest BCUT2D eigenvalue weighted by Crippen LogP contribution is -2.65. The van der Waals surface area contributed by atoms with Crippen LogP contribution in [0.4, 0.5) is 0 Å². The monoisotopic (exact) mass is 1140 g/mol. The lowest BCUT2D eigenvalue weighted by Gasteiger charge is -2.50. The van der Waals surface area contributed by atoms with Gasteiger partial charge in [0, 0.05) is 70.8 Å². The van der Waals surface area contributed by atoms with Crippen LogP contribution in [0.15, 0.2) is 59.9 Å². The average Bonchev–Trinajstić information content (AvgIpc) is 3.84. The normalized spacial score (nSPS) is 37.5. The molecule has 2 unspecified atom stereocenters. The van der Waals surface area contributed by atoms with Crippen molar-refractivity contribution in [2.24, 2.45) is 41.4 Å². The Balaban J connectivity index is 1.35. The first-order valence-corrected chi connectivity index (χ1v) is 29.0. The second kappa shape index (κ2) is 29.8. The number of fused-ring (bicyclic) bond motifs is 4. The highest BCUT2D eigenvalue weighted by atomic mass is 16.7. The van der Waals surface area contributed by atoms with Gasteiger partial charge in [-0.3, -0.25) is 28.8 Å². The van der Waals surface area contributed by atoms with Gasteiger partial charge in [-0.1, -0.05) is 70.7 Å². The summed E-state index contributed by atoms with van der Waals surface area (Å²) in [6.45, 7) is 14.3. The van der Waals surface area contributed by atoms with E-state index in [9.17, 15) is 48.6 Å². The predicted molar refractivity (Wildman–Crippen MR) is 294 cm³/mol. The van der Waals surface area contributed by atoms with Crippen molar-refractivity contribution >= 4 is 47.1 Å². The van der Waals surface area contributed by atoms with E-state index >= 15 is 0 Å². The molecule has 5 heterocycles. The molecule has 0 radical (unpaired) electrons. The molecule has 0 aromatic rings. The van der Waals surface area contributed by atoms with E-state index in [4.69, 9.17) is 38.0 Å². The fraction of sp³-hybridized carbons (Fsp3) is 0.705. The molecule has 81 heavy (non-hydrogen) atoms. The molecule has 5 aliphatic heterocycles. The van der Waals surface area contributed by atoms with Gasteiger partial charge in [0.25, 0.3) is 17.6 Å². The molecule has 6 aliphatic rings. The van der Waals surface area contributed by atoms with Crippen molar-refractivity contribution in [2.45, 2.75) is 192 Å². The average molecular weight is 1140 g/mol. The van der Waals surface area contributed by atoms with E-state index < -0.39 is 120 Å². The number of esters is 2. The van der Waals surface area contributed by atoms with E-state index in [0.717, 1.165) is 10.6 Å². The summed E-state index contributed by atoms with van der Waals surface area (Å²) < 4.78 is 42.1. The van der Waals surface area contributed by atoms with Gasteiger partial charge < -0.3 is 53.1 Å².